The van der Waals surface area contributed by atoms with E-state index in [-0.39, 0.29) is 11.6 Å². The van der Waals surface area contributed by atoms with Crippen LogP contribution in [-0.4, -0.2) is 47.8 Å². The molecule has 2 atom stereocenters. The monoisotopic (exact) mass is 622 g/mol. The van der Waals surface area contributed by atoms with Gasteiger partial charge in [0, 0.05) is 18.5 Å². The Labute approximate surface area is 225 Å². The topological polar surface area (TPSA) is 42.7 Å². The summed E-state index contributed by atoms with van der Waals surface area (Å²) in [5.41, 5.74) is 2.30. The summed E-state index contributed by atoms with van der Waals surface area (Å²) in [6.45, 7) is 13.7. The van der Waals surface area contributed by atoms with Crippen molar-refractivity contribution in [1.29, 1.82) is 0 Å². The first kappa shape index (κ1) is 26.5. The van der Waals surface area contributed by atoms with Crippen molar-refractivity contribution in [3.05, 3.63) is 51.6 Å². The van der Waals surface area contributed by atoms with Gasteiger partial charge in [0.2, 0.25) is 0 Å². The van der Waals surface area contributed by atoms with E-state index in [2.05, 4.69) is 76.8 Å². The van der Waals surface area contributed by atoms with Crippen LogP contribution < -0.4 is 4.90 Å². The van der Waals surface area contributed by atoms with Gasteiger partial charge in [-0.1, -0.05) is 39.0 Å². The summed E-state index contributed by atoms with van der Waals surface area (Å²) >= 11 is 6.84. The first-order valence-corrected chi connectivity index (χ1v) is 16.4. The standard InChI is InChI=1S/C26H33Br2FN4OSi/c1-18(34-35(5,6)25(2,3)4)26(29)12-13-32(17-26)24-11-10-23-30-16-21(33(23)31-24)20-9-7-8-19(14-20)15-22(27)28/h7-11,14-16,18H,12-13,17H2,1-6H3. The largest absolute Gasteiger partial charge is 0.411 e. The van der Waals surface area contributed by atoms with Gasteiger partial charge in [-0.2, -0.15) is 0 Å². The van der Waals surface area contributed by atoms with Crippen molar-refractivity contribution in [3.8, 4) is 11.3 Å². The molecular formula is C26H33Br2FN4OSi. The van der Waals surface area contributed by atoms with Crippen molar-refractivity contribution in [2.75, 3.05) is 18.0 Å². The minimum absolute atomic E-state index is 0.0397. The summed E-state index contributed by atoms with van der Waals surface area (Å²) in [4.78, 5) is 6.56. The number of halogens is 3. The Morgan fingerprint density at radius 3 is 2.66 bits per heavy atom. The third-order valence-corrected chi connectivity index (χ3v) is 12.4. The van der Waals surface area contributed by atoms with Crippen molar-refractivity contribution < 1.29 is 8.82 Å². The summed E-state index contributed by atoms with van der Waals surface area (Å²) in [5.74, 6) is 0.745. The first-order chi connectivity index (χ1) is 16.3. The van der Waals surface area contributed by atoms with Gasteiger partial charge in [0.05, 0.1) is 27.9 Å². The van der Waals surface area contributed by atoms with Crippen LogP contribution in [0.15, 0.2) is 46.0 Å². The Bertz CT molecular complexity index is 1250. The number of alkyl halides is 1. The molecule has 0 N–H and O–H groups in total. The molecule has 1 saturated heterocycles. The molecule has 4 rings (SSSR count). The van der Waals surface area contributed by atoms with Crippen LogP contribution in [0.4, 0.5) is 10.2 Å². The van der Waals surface area contributed by atoms with E-state index in [1.54, 1.807) is 0 Å². The first-order valence-electron chi connectivity index (χ1n) is 11.9. The molecule has 3 heterocycles. The van der Waals surface area contributed by atoms with Crippen LogP contribution in [0.25, 0.3) is 23.0 Å². The number of anilines is 1. The Hall–Kier alpha value is -1.55. The van der Waals surface area contributed by atoms with E-state index in [1.807, 2.05) is 58.9 Å². The normalized spacial score (nSPS) is 19.9. The lowest BCUT2D eigenvalue weighted by Crippen LogP contribution is -2.50. The Morgan fingerprint density at radius 2 is 1.97 bits per heavy atom. The van der Waals surface area contributed by atoms with Gasteiger partial charge in [-0.25, -0.2) is 13.9 Å². The van der Waals surface area contributed by atoms with Crippen LogP contribution in [0.2, 0.25) is 18.1 Å². The Morgan fingerprint density at radius 1 is 1.23 bits per heavy atom. The van der Waals surface area contributed by atoms with E-state index < -0.39 is 20.1 Å². The molecule has 5 nitrogen and oxygen atoms in total. The molecule has 2 aromatic heterocycles. The molecule has 1 fully saturated rings. The van der Waals surface area contributed by atoms with Crippen LogP contribution >= 0.6 is 31.9 Å². The van der Waals surface area contributed by atoms with Gasteiger partial charge in [-0.05, 0) is 86.8 Å². The fourth-order valence-corrected chi connectivity index (χ4v) is 6.17. The third-order valence-electron chi connectivity index (χ3n) is 7.39. The number of rotatable bonds is 6. The number of aromatic nitrogens is 3. The second-order valence-corrected chi connectivity index (χ2v) is 18.4. The highest BCUT2D eigenvalue weighted by molar-refractivity contribution is 9.28. The van der Waals surface area contributed by atoms with Crippen molar-refractivity contribution in [2.45, 2.75) is 64.0 Å². The maximum Gasteiger partial charge on any atom is 0.192 e. The van der Waals surface area contributed by atoms with Crippen LogP contribution in [0, 0.1) is 0 Å². The van der Waals surface area contributed by atoms with E-state index in [1.165, 1.54) is 0 Å². The van der Waals surface area contributed by atoms with Crippen LogP contribution in [0.3, 0.4) is 0 Å². The van der Waals surface area contributed by atoms with Crippen molar-refractivity contribution >= 4 is 57.7 Å². The Balaban J connectivity index is 1.59. The SMILES string of the molecule is CC(O[Si](C)(C)C(C)(C)C)C1(F)CCN(c2ccc3ncc(-c4cccc(C=C(Br)Br)c4)n3n2)C1. The van der Waals surface area contributed by atoms with Crippen molar-refractivity contribution in [3.63, 3.8) is 0 Å². The Kier molecular flexibility index (Phi) is 7.36. The highest BCUT2D eigenvalue weighted by atomic mass is 79.9. The predicted octanol–water partition coefficient (Wildman–Crippen LogP) is 7.81. The van der Waals surface area contributed by atoms with E-state index in [4.69, 9.17) is 9.52 Å². The summed E-state index contributed by atoms with van der Waals surface area (Å²) in [5, 5.41) is 4.91. The zero-order chi connectivity index (χ0) is 25.6. The second-order valence-electron chi connectivity index (χ2n) is 10.9. The third kappa shape index (κ3) is 5.58. The maximum atomic E-state index is 16.1. The molecule has 0 aliphatic carbocycles. The molecule has 1 aliphatic heterocycles. The fourth-order valence-electron chi connectivity index (χ4n) is 4.19. The van der Waals surface area contributed by atoms with Gasteiger partial charge in [0.25, 0.3) is 0 Å². The molecule has 0 saturated carbocycles. The molecule has 1 aromatic carbocycles. The number of nitrogens with zero attached hydrogens (tertiary/aromatic N) is 4. The van der Waals surface area contributed by atoms with Gasteiger partial charge >= 0.3 is 0 Å². The molecule has 188 valence electrons. The van der Waals surface area contributed by atoms with Gasteiger partial charge in [-0.15, -0.1) is 5.10 Å². The van der Waals surface area contributed by atoms with Crippen LogP contribution in [0.5, 0.6) is 0 Å². The minimum Gasteiger partial charge on any atom is -0.411 e. The molecule has 0 radical (unpaired) electrons. The molecule has 3 aromatic rings. The van der Waals surface area contributed by atoms with Gasteiger partial charge in [-0.3, -0.25) is 0 Å². The summed E-state index contributed by atoms with van der Waals surface area (Å²) in [6, 6.07) is 12.0. The van der Waals surface area contributed by atoms with Crippen LogP contribution in [0.1, 0.15) is 39.7 Å². The molecular weight excluding hydrogens is 591 g/mol. The second kappa shape index (κ2) is 9.72. The summed E-state index contributed by atoms with van der Waals surface area (Å²) in [7, 11) is -2.07. The molecule has 0 amide bonds. The average Bonchev–Trinajstić information content (AvgIpc) is 3.36. The smallest absolute Gasteiger partial charge is 0.192 e. The minimum atomic E-state index is -2.07. The van der Waals surface area contributed by atoms with E-state index in [0.29, 0.717) is 13.0 Å². The van der Waals surface area contributed by atoms with Gasteiger partial charge in [0.15, 0.2) is 19.6 Å². The van der Waals surface area contributed by atoms with Crippen LogP contribution in [-0.2, 0) is 4.43 Å². The molecule has 0 bridgehead atoms. The molecule has 0 spiro atoms. The van der Waals surface area contributed by atoms with Crippen molar-refractivity contribution in [1.82, 2.24) is 14.6 Å². The molecule has 2 unspecified atom stereocenters. The van der Waals surface area contributed by atoms with E-state index >= 15 is 4.39 Å². The number of imidazole rings is 1. The maximum absolute atomic E-state index is 16.1. The highest BCUT2D eigenvalue weighted by Gasteiger charge is 2.48. The number of hydrogen-bond donors (Lipinski definition) is 0. The number of benzene rings is 1. The zero-order valence-electron chi connectivity index (χ0n) is 21.1. The summed E-state index contributed by atoms with van der Waals surface area (Å²) < 4.78 is 25.3. The van der Waals surface area contributed by atoms with Crippen molar-refractivity contribution in [2.24, 2.45) is 0 Å². The lowest BCUT2D eigenvalue weighted by molar-refractivity contribution is 0.0273. The quantitative estimate of drug-likeness (QED) is 0.263. The fraction of sp³-hybridized carbons (Fsp3) is 0.462. The van der Waals surface area contributed by atoms with E-state index in [9.17, 15) is 0 Å². The summed E-state index contributed by atoms with van der Waals surface area (Å²) in [6.07, 6.45) is 3.78. The average molecular weight is 624 g/mol. The predicted molar refractivity (Wildman–Crippen MR) is 153 cm³/mol. The highest BCUT2D eigenvalue weighted by Crippen LogP contribution is 2.41. The van der Waals surface area contributed by atoms with Gasteiger partial charge in [0.1, 0.15) is 5.82 Å². The number of hydrogen-bond acceptors (Lipinski definition) is 4. The molecule has 9 heteroatoms. The van der Waals surface area contributed by atoms with Gasteiger partial charge < -0.3 is 9.33 Å². The molecule has 1 aliphatic rings. The van der Waals surface area contributed by atoms with E-state index in [0.717, 1.165) is 31.7 Å². The lowest BCUT2D eigenvalue weighted by Gasteiger charge is -2.41. The number of fused-ring (bicyclic) bond motifs is 1. The molecule has 35 heavy (non-hydrogen) atoms. The lowest BCUT2D eigenvalue weighted by atomic mass is 10.00. The zero-order valence-corrected chi connectivity index (χ0v) is 25.3.